The molecule has 3 aromatic carbocycles. The number of amides is 1. The van der Waals surface area contributed by atoms with E-state index in [-0.39, 0.29) is 5.91 Å². The number of carbonyl (C=O) groups is 1. The Hall–Kier alpha value is -3.51. The fraction of sp³-hybridized carbons (Fsp3) is 0.321. The highest BCUT2D eigenvalue weighted by Crippen LogP contribution is 2.32. The average molecular weight is 459 g/mol. The Kier molecular flexibility index (Phi) is 7.08. The Morgan fingerprint density at radius 1 is 0.941 bits per heavy atom. The van der Waals surface area contributed by atoms with Crippen LogP contribution in [0.3, 0.4) is 0 Å². The third-order valence-corrected chi connectivity index (χ3v) is 6.47. The second-order valence-electron chi connectivity index (χ2n) is 9.10. The van der Waals surface area contributed by atoms with Gasteiger partial charge in [0.15, 0.2) is 0 Å². The van der Waals surface area contributed by atoms with Gasteiger partial charge >= 0.3 is 0 Å². The highest BCUT2D eigenvalue weighted by atomic mass is 16.5. The van der Waals surface area contributed by atoms with Crippen LogP contribution in [0.15, 0.2) is 60.7 Å². The number of ether oxygens (including phenoxy) is 1. The summed E-state index contributed by atoms with van der Waals surface area (Å²) >= 11 is 0. The molecule has 0 spiro atoms. The van der Waals surface area contributed by atoms with Crippen LogP contribution in [-0.4, -0.2) is 65.2 Å². The SMILES string of the molecule is COc1ccc(NC(=O)c2ccc(-c3ccc(N(C)C)cc3C)cc2)cc1N1CCN(C)CC1. The van der Waals surface area contributed by atoms with E-state index in [1.54, 1.807) is 7.11 Å². The normalized spacial score (nSPS) is 14.1. The van der Waals surface area contributed by atoms with E-state index in [0.29, 0.717) is 5.56 Å². The molecule has 178 valence electrons. The molecular formula is C28H34N4O2. The third kappa shape index (κ3) is 5.18. The summed E-state index contributed by atoms with van der Waals surface area (Å²) in [5.41, 5.74) is 7.05. The molecule has 0 aromatic heterocycles. The fourth-order valence-electron chi connectivity index (χ4n) is 4.32. The zero-order valence-electron chi connectivity index (χ0n) is 20.8. The van der Waals surface area contributed by atoms with Gasteiger partial charge in [-0.3, -0.25) is 4.79 Å². The Bertz CT molecular complexity index is 1150. The van der Waals surface area contributed by atoms with Gasteiger partial charge < -0.3 is 24.8 Å². The summed E-state index contributed by atoms with van der Waals surface area (Å²) < 4.78 is 5.58. The van der Waals surface area contributed by atoms with Gasteiger partial charge in [0.05, 0.1) is 12.8 Å². The van der Waals surface area contributed by atoms with E-state index in [9.17, 15) is 4.79 Å². The van der Waals surface area contributed by atoms with E-state index in [2.05, 4.69) is 52.2 Å². The number of methoxy groups -OCH3 is 1. The largest absolute Gasteiger partial charge is 0.495 e. The predicted octanol–water partition coefficient (Wildman–Crippen LogP) is 4.74. The van der Waals surface area contributed by atoms with Crippen LogP contribution in [-0.2, 0) is 0 Å². The molecule has 1 amide bonds. The second kappa shape index (κ2) is 10.2. The van der Waals surface area contributed by atoms with Gasteiger partial charge in [0.2, 0.25) is 0 Å². The molecule has 1 aliphatic rings. The van der Waals surface area contributed by atoms with Crippen molar-refractivity contribution in [2.75, 3.05) is 69.5 Å². The highest BCUT2D eigenvalue weighted by Gasteiger charge is 2.19. The predicted molar refractivity (Wildman–Crippen MR) is 142 cm³/mol. The molecule has 0 saturated carbocycles. The molecule has 0 atom stereocenters. The summed E-state index contributed by atoms with van der Waals surface area (Å²) in [7, 11) is 7.90. The van der Waals surface area contributed by atoms with Crippen molar-refractivity contribution in [1.82, 2.24) is 4.90 Å². The molecule has 1 aliphatic heterocycles. The Morgan fingerprint density at radius 3 is 2.26 bits per heavy atom. The topological polar surface area (TPSA) is 48.1 Å². The first kappa shape index (κ1) is 23.6. The summed E-state index contributed by atoms with van der Waals surface area (Å²) in [5.74, 6) is 0.697. The summed E-state index contributed by atoms with van der Waals surface area (Å²) in [4.78, 5) is 19.7. The molecule has 0 radical (unpaired) electrons. The van der Waals surface area contributed by atoms with Gasteiger partial charge in [0, 0.05) is 57.2 Å². The quantitative estimate of drug-likeness (QED) is 0.578. The van der Waals surface area contributed by atoms with Gasteiger partial charge in [-0.05, 0) is 73.1 Å². The lowest BCUT2D eigenvalue weighted by Crippen LogP contribution is -2.44. The molecule has 1 heterocycles. The number of piperazine rings is 1. The summed E-state index contributed by atoms with van der Waals surface area (Å²) in [6.07, 6.45) is 0. The summed E-state index contributed by atoms with van der Waals surface area (Å²) in [6, 6.07) is 20.0. The minimum Gasteiger partial charge on any atom is -0.495 e. The van der Waals surface area contributed by atoms with E-state index in [4.69, 9.17) is 4.74 Å². The lowest BCUT2D eigenvalue weighted by molar-refractivity contribution is 0.102. The molecule has 4 rings (SSSR count). The number of nitrogens with one attached hydrogen (secondary N) is 1. The number of hydrogen-bond donors (Lipinski definition) is 1. The number of likely N-dealkylation sites (N-methyl/N-ethyl adjacent to an activating group) is 1. The molecule has 6 nitrogen and oxygen atoms in total. The maximum Gasteiger partial charge on any atom is 0.255 e. The van der Waals surface area contributed by atoms with Crippen molar-refractivity contribution in [1.29, 1.82) is 0 Å². The number of anilines is 3. The van der Waals surface area contributed by atoms with Crippen molar-refractivity contribution in [2.45, 2.75) is 6.92 Å². The molecule has 6 heteroatoms. The minimum atomic E-state index is -0.124. The molecule has 0 unspecified atom stereocenters. The van der Waals surface area contributed by atoms with Gasteiger partial charge in [-0.25, -0.2) is 0 Å². The Labute approximate surface area is 202 Å². The van der Waals surface area contributed by atoms with Gasteiger partial charge in [-0.15, -0.1) is 0 Å². The zero-order valence-corrected chi connectivity index (χ0v) is 20.8. The Morgan fingerprint density at radius 2 is 1.65 bits per heavy atom. The van der Waals surface area contributed by atoms with Gasteiger partial charge in [0.25, 0.3) is 5.91 Å². The first-order valence-electron chi connectivity index (χ1n) is 11.7. The van der Waals surface area contributed by atoms with Crippen LogP contribution >= 0.6 is 0 Å². The number of hydrogen-bond acceptors (Lipinski definition) is 5. The van der Waals surface area contributed by atoms with Crippen LogP contribution in [0.2, 0.25) is 0 Å². The van der Waals surface area contributed by atoms with Crippen molar-refractivity contribution < 1.29 is 9.53 Å². The number of nitrogens with zero attached hydrogens (tertiary/aromatic N) is 3. The maximum absolute atomic E-state index is 13.0. The monoisotopic (exact) mass is 458 g/mol. The van der Waals surface area contributed by atoms with Crippen LogP contribution in [0.1, 0.15) is 15.9 Å². The summed E-state index contributed by atoms with van der Waals surface area (Å²) in [5, 5.41) is 3.05. The van der Waals surface area contributed by atoms with Crippen molar-refractivity contribution >= 4 is 23.0 Å². The van der Waals surface area contributed by atoms with Crippen LogP contribution < -0.4 is 19.9 Å². The molecular weight excluding hydrogens is 424 g/mol. The second-order valence-corrected chi connectivity index (χ2v) is 9.10. The van der Waals surface area contributed by atoms with Gasteiger partial charge in [-0.2, -0.15) is 0 Å². The Balaban J connectivity index is 1.49. The molecule has 1 saturated heterocycles. The molecule has 1 fully saturated rings. The van der Waals surface area contributed by atoms with E-state index in [1.807, 2.05) is 56.6 Å². The van der Waals surface area contributed by atoms with E-state index < -0.39 is 0 Å². The first-order valence-corrected chi connectivity index (χ1v) is 11.7. The lowest BCUT2D eigenvalue weighted by Gasteiger charge is -2.34. The number of aryl methyl sites for hydroxylation is 1. The van der Waals surface area contributed by atoms with Crippen molar-refractivity contribution in [3.05, 3.63) is 71.8 Å². The van der Waals surface area contributed by atoms with Crippen molar-refractivity contribution in [3.8, 4) is 16.9 Å². The standard InChI is InChI=1S/C28H34N4O2/c1-20-18-24(30(2)3)11-12-25(20)21-6-8-22(9-7-21)28(33)29-23-10-13-27(34-5)26(19-23)32-16-14-31(4)15-17-32/h6-13,18-19H,14-17H2,1-5H3,(H,29,33). The van der Waals surface area contributed by atoms with Crippen LogP contribution in [0.4, 0.5) is 17.1 Å². The third-order valence-electron chi connectivity index (χ3n) is 6.47. The smallest absolute Gasteiger partial charge is 0.255 e. The maximum atomic E-state index is 13.0. The summed E-state index contributed by atoms with van der Waals surface area (Å²) in [6.45, 7) is 5.98. The molecule has 0 bridgehead atoms. The molecule has 1 N–H and O–H groups in total. The first-order chi connectivity index (χ1) is 16.4. The zero-order chi connectivity index (χ0) is 24.2. The van der Waals surface area contributed by atoms with Gasteiger partial charge in [0.1, 0.15) is 5.75 Å². The minimum absolute atomic E-state index is 0.124. The van der Waals surface area contributed by atoms with E-state index in [0.717, 1.165) is 48.9 Å². The van der Waals surface area contributed by atoms with Crippen molar-refractivity contribution in [2.24, 2.45) is 0 Å². The molecule has 3 aromatic rings. The lowest BCUT2D eigenvalue weighted by atomic mass is 9.98. The average Bonchev–Trinajstić information content (AvgIpc) is 2.84. The van der Waals surface area contributed by atoms with Crippen LogP contribution in [0.5, 0.6) is 5.75 Å². The van der Waals surface area contributed by atoms with E-state index >= 15 is 0 Å². The molecule has 0 aliphatic carbocycles. The number of rotatable bonds is 6. The molecule has 34 heavy (non-hydrogen) atoms. The highest BCUT2D eigenvalue weighted by molar-refractivity contribution is 6.04. The van der Waals surface area contributed by atoms with Crippen LogP contribution in [0, 0.1) is 6.92 Å². The number of carbonyl (C=O) groups excluding carboxylic acids is 1. The van der Waals surface area contributed by atoms with Gasteiger partial charge in [-0.1, -0.05) is 18.2 Å². The van der Waals surface area contributed by atoms with Crippen molar-refractivity contribution in [3.63, 3.8) is 0 Å². The number of benzene rings is 3. The van der Waals surface area contributed by atoms with E-state index in [1.165, 1.54) is 16.8 Å². The fourth-order valence-corrected chi connectivity index (χ4v) is 4.32. The van der Waals surface area contributed by atoms with Crippen LogP contribution in [0.25, 0.3) is 11.1 Å².